The molecule has 0 bridgehead atoms. The first kappa shape index (κ1) is 12.9. The van der Waals surface area contributed by atoms with Gasteiger partial charge in [0, 0.05) is 25.0 Å². The van der Waals surface area contributed by atoms with Crippen molar-refractivity contribution in [2.24, 2.45) is 0 Å². The standard InChI is InChI=1S/C12H21N3O/c1-10(2)16-7-6-15(3)9-12-8-11(13)4-5-14-12/h4-5,8,10H,6-7,9H2,1-3H3,(H2,13,14). The Balaban J connectivity index is 2.31. The summed E-state index contributed by atoms with van der Waals surface area (Å²) in [4.78, 5) is 6.43. The van der Waals surface area contributed by atoms with Gasteiger partial charge < -0.3 is 10.5 Å². The minimum Gasteiger partial charge on any atom is -0.399 e. The van der Waals surface area contributed by atoms with E-state index >= 15 is 0 Å². The van der Waals surface area contributed by atoms with E-state index in [1.165, 1.54) is 0 Å². The van der Waals surface area contributed by atoms with E-state index in [1.54, 1.807) is 12.3 Å². The molecule has 1 rings (SSSR count). The van der Waals surface area contributed by atoms with Crippen LogP contribution in [0.2, 0.25) is 0 Å². The van der Waals surface area contributed by atoms with Crippen molar-refractivity contribution in [1.29, 1.82) is 0 Å². The summed E-state index contributed by atoms with van der Waals surface area (Å²) in [7, 11) is 2.05. The van der Waals surface area contributed by atoms with Gasteiger partial charge in [-0.2, -0.15) is 0 Å². The molecule has 1 aromatic rings. The van der Waals surface area contributed by atoms with Crippen LogP contribution in [-0.4, -0.2) is 36.2 Å². The number of pyridine rings is 1. The molecule has 0 aliphatic rings. The number of nitrogen functional groups attached to an aromatic ring is 1. The molecule has 4 heteroatoms. The fraction of sp³-hybridized carbons (Fsp3) is 0.583. The third kappa shape index (κ3) is 5.09. The van der Waals surface area contributed by atoms with Gasteiger partial charge >= 0.3 is 0 Å². The number of aromatic nitrogens is 1. The summed E-state index contributed by atoms with van der Waals surface area (Å²) in [6.45, 7) is 6.52. The number of nitrogens with zero attached hydrogens (tertiary/aromatic N) is 2. The molecule has 1 aromatic heterocycles. The van der Waals surface area contributed by atoms with Crippen molar-refractivity contribution in [3.63, 3.8) is 0 Å². The molecule has 0 unspecified atom stereocenters. The van der Waals surface area contributed by atoms with Gasteiger partial charge in [0.15, 0.2) is 0 Å². The lowest BCUT2D eigenvalue weighted by Crippen LogP contribution is -2.24. The van der Waals surface area contributed by atoms with Gasteiger partial charge in [-0.15, -0.1) is 0 Å². The highest BCUT2D eigenvalue weighted by Crippen LogP contribution is 2.05. The van der Waals surface area contributed by atoms with Gasteiger partial charge in [-0.3, -0.25) is 9.88 Å². The number of likely N-dealkylation sites (N-methyl/N-ethyl adjacent to an activating group) is 1. The van der Waals surface area contributed by atoms with Crippen LogP contribution in [0, 0.1) is 0 Å². The first-order valence-electron chi connectivity index (χ1n) is 5.58. The fourth-order valence-corrected chi connectivity index (χ4v) is 1.38. The SMILES string of the molecule is CC(C)OCCN(C)Cc1cc(N)ccn1. The second kappa shape index (κ2) is 6.45. The summed E-state index contributed by atoms with van der Waals surface area (Å²) in [5.41, 5.74) is 7.44. The summed E-state index contributed by atoms with van der Waals surface area (Å²) in [6.07, 6.45) is 2.03. The summed E-state index contributed by atoms with van der Waals surface area (Å²) in [5, 5.41) is 0. The molecule has 0 aliphatic carbocycles. The number of hydrogen-bond donors (Lipinski definition) is 1. The molecule has 90 valence electrons. The molecular formula is C12H21N3O. The summed E-state index contributed by atoms with van der Waals surface area (Å²) < 4.78 is 5.49. The van der Waals surface area contributed by atoms with Crippen molar-refractivity contribution in [2.75, 3.05) is 25.9 Å². The van der Waals surface area contributed by atoms with Crippen LogP contribution in [-0.2, 0) is 11.3 Å². The van der Waals surface area contributed by atoms with E-state index < -0.39 is 0 Å². The molecule has 0 saturated heterocycles. The lowest BCUT2D eigenvalue weighted by Gasteiger charge is -2.17. The van der Waals surface area contributed by atoms with Gasteiger partial charge in [-0.1, -0.05) is 0 Å². The Labute approximate surface area is 97.4 Å². The molecule has 0 atom stereocenters. The minimum atomic E-state index is 0.291. The lowest BCUT2D eigenvalue weighted by atomic mass is 10.3. The predicted octanol–water partition coefficient (Wildman–Crippen LogP) is 1.52. The van der Waals surface area contributed by atoms with Crippen LogP contribution >= 0.6 is 0 Å². The van der Waals surface area contributed by atoms with Crippen LogP contribution in [0.5, 0.6) is 0 Å². The summed E-state index contributed by atoms with van der Waals surface area (Å²) in [6, 6.07) is 3.70. The van der Waals surface area contributed by atoms with Crippen LogP contribution in [0.3, 0.4) is 0 Å². The van der Waals surface area contributed by atoms with Crippen LogP contribution in [0.4, 0.5) is 5.69 Å². The largest absolute Gasteiger partial charge is 0.399 e. The number of rotatable bonds is 6. The highest BCUT2D eigenvalue weighted by molar-refractivity contribution is 5.37. The van der Waals surface area contributed by atoms with E-state index in [0.717, 1.165) is 31.1 Å². The zero-order valence-corrected chi connectivity index (χ0v) is 10.3. The van der Waals surface area contributed by atoms with Gasteiger partial charge in [-0.25, -0.2) is 0 Å². The third-order valence-electron chi connectivity index (χ3n) is 2.20. The Morgan fingerprint density at radius 1 is 1.50 bits per heavy atom. The van der Waals surface area contributed by atoms with Gasteiger partial charge in [-0.05, 0) is 33.0 Å². The third-order valence-corrected chi connectivity index (χ3v) is 2.20. The molecule has 0 aromatic carbocycles. The summed E-state index contributed by atoms with van der Waals surface area (Å²) >= 11 is 0. The Hall–Kier alpha value is -1.13. The van der Waals surface area contributed by atoms with Crippen molar-refractivity contribution in [1.82, 2.24) is 9.88 Å². The molecule has 4 nitrogen and oxygen atoms in total. The first-order chi connectivity index (χ1) is 7.58. The van der Waals surface area contributed by atoms with Crippen molar-refractivity contribution < 1.29 is 4.74 Å². The molecule has 0 amide bonds. The minimum absolute atomic E-state index is 0.291. The van der Waals surface area contributed by atoms with Crippen molar-refractivity contribution in [2.45, 2.75) is 26.5 Å². The van der Waals surface area contributed by atoms with Gasteiger partial charge in [0.1, 0.15) is 0 Å². The smallest absolute Gasteiger partial charge is 0.0596 e. The fourth-order valence-electron chi connectivity index (χ4n) is 1.38. The maximum Gasteiger partial charge on any atom is 0.0596 e. The number of nitrogens with two attached hydrogens (primary N) is 1. The highest BCUT2D eigenvalue weighted by atomic mass is 16.5. The topological polar surface area (TPSA) is 51.4 Å². The van der Waals surface area contributed by atoms with E-state index in [1.807, 2.05) is 19.9 Å². The van der Waals surface area contributed by atoms with Crippen molar-refractivity contribution >= 4 is 5.69 Å². The highest BCUT2D eigenvalue weighted by Gasteiger charge is 2.02. The van der Waals surface area contributed by atoms with Gasteiger partial charge in [0.25, 0.3) is 0 Å². The number of anilines is 1. The lowest BCUT2D eigenvalue weighted by molar-refractivity contribution is 0.0625. The maximum atomic E-state index is 5.69. The van der Waals surface area contributed by atoms with Crippen molar-refractivity contribution in [3.8, 4) is 0 Å². The zero-order valence-electron chi connectivity index (χ0n) is 10.3. The average molecular weight is 223 g/mol. The monoisotopic (exact) mass is 223 g/mol. The zero-order chi connectivity index (χ0) is 12.0. The van der Waals surface area contributed by atoms with E-state index in [2.05, 4.69) is 16.9 Å². The molecule has 0 radical (unpaired) electrons. The Morgan fingerprint density at radius 3 is 2.88 bits per heavy atom. The normalized spacial score (nSPS) is 11.3. The number of ether oxygens (including phenoxy) is 1. The van der Waals surface area contributed by atoms with E-state index in [-0.39, 0.29) is 0 Å². The Morgan fingerprint density at radius 2 is 2.25 bits per heavy atom. The number of hydrogen-bond acceptors (Lipinski definition) is 4. The molecule has 0 spiro atoms. The molecule has 2 N–H and O–H groups in total. The quantitative estimate of drug-likeness (QED) is 0.794. The Bertz CT molecular complexity index is 315. The maximum absolute atomic E-state index is 5.69. The molecule has 0 fully saturated rings. The van der Waals surface area contributed by atoms with E-state index in [9.17, 15) is 0 Å². The molecular weight excluding hydrogens is 202 g/mol. The van der Waals surface area contributed by atoms with Crippen LogP contribution < -0.4 is 5.73 Å². The summed E-state index contributed by atoms with van der Waals surface area (Å²) in [5.74, 6) is 0. The molecule has 0 aliphatic heterocycles. The van der Waals surface area contributed by atoms with Crippen LogP contribution in [0.1, 0.15) is 19.5 Å². The van der Waals surface area contributed by atoms with Gasteiger partial charge in [0.05, 0.1) is 18.4 Å². The van der Waals surface area contributed by atoms with Crippen molar-refractivity contribution in [3.05, 3.63) is 24.0 Å². The molecule has 1 heterocycles. The van der Waals surface area contributed by atoms with Gasteiger partial charge in [0.2, 0.25) is 0 Å². The van der Waals surface area contributed by atoms with E-state index in [4.69, 9.17) is 10.5 Å². The first-order valence-corrected chi connectivity index (χ1v) is 5.58. The second-order valence-electron chi connectivity index (χ2n) is 4.24. The second-order valence-corrected chi connectivity index (χ2v) is 4.24. The average Bonchev–Trinajstić information content (AvgIpc) is 2.16. The Kier molecular flexibility index (Phi) is 5.22. The van der Waals surface area contributed by atoms with Crippen LogP contribution in [0.25, 0.3) is 0 Å². The predicted molar refractivity (Wildman–Crippen MR) is 66.1 cm³/mol. The molecule has 0 saturated carbocycles. The van der Waals surface area contributed by atoms with E-state index in [0.29, 0.717) is 6.10 Å². The van der Waals surface area contributed by atoms with Crippen LogP contribution in [0.15, 0.2) is 18.3 Å². The molecule has 16 heavy (non-hydrogen) atoms.